The molecule has 0 atom stereocenters. The number of carbonyl (C=O) groups excluding carboxylic acids is 1. The molecule has 0 radical (unpaired) electrons. The summed E-state index contributed by atoms with van der Waals surface area (Å²) in [4.78, 5) is 27.1. The molecule has 5 nitrogen and oxygen atoms in total. The summed E-state index contributed by atoms with van der Waals surface area (Å²) in [5.41, 5.74) is 0.408. The maximum Gasteiger partial charge on any atom is 0.274 e. The van der Waals surface area contributed by atoms with Crippen molar-refractivity contribution in [1.82, 2.24) is 14.7 Å². The molecule has 0 saturated heterocycles. The summed E-state index contributed by atoms with van der Waals surface area (Å²) in [6, 6.07) is 13.3. The summed E-state index contributed by atoms with van der Waals surface area (Å²) in [5, 5.41) is 5.31. The highest BCUT2D eigenvalue weighted by Crippen LogP contribution is 2.17. The Bertz CT molecular complexity index is 1040. The Kier molecular flexibility index (Phi) is 5.35. The van der Waals surface area contributed by atoms with Crippen molar-refractivity contribution in [2.24, 2.45) is 5.92 Å². The van der Waals surface area contributed by atoms with Crippen molar-refractivity contribution in [3.63, 3.8) is 0 Å². The molecule has 0 aliphatic carbocycles. The van der Waals surface area contributed by atoms with Gasteiger partial charge in [0.25, 0.3) is 11.5 Å². The van der Waals surface area contributed by atoms with Gasteiger partial charge in [-0.05, 0) is 18.1 Å². The van der Waals surface area contributed by atoms with E-state index in [0.717, 1.165) is 0 Å². The van der Waals surface area contributed by atoms with Crippen molar-refractivity contribution in [2.45, 2.75) is 26.9 Å². The molecule has 1 amide bonds. The highest BCUT2D eigenvalue weighted by molar-refractivity contribution is 6.04. The Morgan fingerprint density at radius 2 is 1.74 bits per heavy atom. The minimum Gasteiger partial charge on any atom is -0.336 e. The van der Waals surface area contributed by atoms with E-state index < -0.39 is 0 Å². The first-order valence-electron chi connectivity index (χ1n) is 8.87. The summed E-state index contributed by atoms with van der Waals surface area (Å²) in [6.45, 7) is 4.50. The first kappa shape index (κ1) is 18.8. The van der Waals surface area contributed by atoms with Gasteiger partial charge in [0.15, 0.2) is 5.69 Å². The van der Waals surface area contributed by atoms with Gasteiger partial charge in [0.1, 0.15) is 5.82 Å². The van der Waals surface area contributed by atoms with Crippen LogP contribution in [-0.2, 0) is 13.1 Å². The fourth-order valence-corrected chi connectivity index (χ4v) is 3.00. The Morgan fingerprint density at radius 3 is 2.41 bits per heavy atom. The average molecular weight is 367 g/mol. The lowest BCUT2D eigenvalue weighted by atomic mass is 10.1. The lowest BCUT2D eigenvalue weighted by Gasteiger charge is -2.19. The van der Waals surface area contributed by atoms with Gasteiger partial charge < -0.3 is 4.90 Å². The second-order valence-corrected chi connectivity index (χ2v) is 7.03. The molecular formula is C21H22FN3O2. The highest BCUT2D eigenvalue weighted by atomic mass is 19.1. The van der Waals surface area contributed by atoms with Crippen molar-refractivity contribution in [3.8, 4) is 0 Å². The number of rotatable bonds is 5. The minimum absolute atomic E-state index is 0.116. The lowest BCUT2D eigenvalue weighted by Crippen LogP contribution is -2.32. The molecule has 0 bridgehead atoms. The van der Waals surface area contributed by atoms with Crippen LogP contribution in [0.5, 0.6) is 0 Å². The lowest BCUT2D eigenvalue weighted by molar-refractivity contribution is 0.0777. The van der Waals surface area contributed by atoms with E-state index in [-0.39, 0.29) is 35.4 Å². The molecule has 0 N–H and O–H groups in total. The number of amides is 1. The number of hydrogen-bond acceptors (Lipinski definition) is 3. The molecule has 6 heteroatoms. The van der Waals surface area contributed by atoms with Gasteiger partial charge in [0.2, 0.25) is 0 Å². The van der Waals surface area contributed by atoms with Crippen LogP contribution in [-0.4, -0.2) is 27.6 Å². The molecule has 27 heavy (non-hydrogen) atoms. The summed E-state index contributed by atoms with van der Waals surface area (Å²) >= 11 is 0. The monoisotopic (exact) mass is 367 g/mol. The SMILES string of the molecule is CC(C)Cn1nc(C(=O)N(C)Cc2ccccc2F)c2ccccc2c1=O. The Hall–Kier alpha value is -3.02. The molecule has 1 heterocycles. The smallest absolute Gasteiger partial charge is 0.274 e. The van der Waals surface area contributed by atoms with Gasteiger partial charge in [-0.15, -0.1) is 0 Å². The predicted molar refractivity (Wildman–Crippen MR) is 103 cm³/mol. The molecule has 3 aromatic rings. The Morgan fingerprint density at radius 1 is 1.11 bits per heavy atom. The molecule has 1 aromatic heterocycles. The van der Waals surface area contributed by atoms with Gasteiger partial charge >= 0.3 is 0 Å². The molecule has 0 fully saturated rings. The van der Waals surface area contributed by atoms with Crippen LogP contribution >= 0.6 is 0 Å². The van der Waals surface area contributed by atoms with Gasteiger partial charge in [-0.1, -0.05) is 50.2 Å². The number of halogens is 1. The van der Waals surface area contributed by atoms with E-state index >= 15 is 0 Å². The normalized spacial score (nSPS) is 11.1. The van der Waals surface area contributed by atoms with E-state index in [2.05, 4.69) is 5.10 Å². The van der Waals surface area contributed by atoms with Crippen molar-refractivity contribution < 1.29 is 9.18 Å². The summed E-state index contributed by atoms with van der Waals surface area (Å²) in [5.74, 6) is -0.512. The van der Waals surface area contributed by atoms with Crippen LogP contribution in [0.1, 0.15) is 29.9 Å². The van der Waals surface area contributed by atoms with Gasteiger partial charge in [0, 0.05) is 31.1 Å². The van der Waals surface area contributed by atoms with E-state index in [9.17, 15) is 14.0 Å². The van der Waals surface area contributed by atoms with Crippen LogP contribution in [0.2, 0.25) is 0 Å². The van der Waals surface area contributed by atoms with Crippen LogP contribution in [0.3, 0.4) is 0 Å². The fourth-order valence-electron chi connectivity index (χ4n) is 3.00. The topological polar surface area (TPSA) is 55.2 Å². The van der Waals surface area contributed by atoms with E-state index in [1.54, 1.807) is 49.5 Å². The summed E-state index contributed by atoms with van der Waals surface area (Å²) < 4.78 is 15.3. The maximum atomic E-state index is 13.9. The van der Waals surface area contributed by atoms with Crippen LogP contribution in [0.4, 0.5) is 4.39 Å². The minimum atomic E-state index is -0.361. The van der Waals surface area contributed by atoms with Crippen molar-refractivity contribution in [1.29, 1.82) is 0 Å². The Balaban J connectivity index is 2.04. The molecule has 140 valence electrons. The van der Waals surface area contributed by atoms with Gasteiger partial charge in [-0.3, -0.25) is 9.59 Å². The molecular weight excluding hydrogens is 345 g/mol. The second-order valence-electron chi connectivity index (χ2n) is 7.03. The van der Waals surface area contributed by atoms with Gasteiger partial charge in [-0.25, -0.2) is 9.07 Å². The fraction of sp³-hybridized carbons (Fsp3) is 0.286. The summed E-state index contributed by atoms with van der Waals surface area (Å²) in [7, 11) is 1.60. The van der Waals surface area contributed by atoms with Crippen LogP contribution in [0.25, 0.3) is 10.8 Å². The zero-order valence-corrected chi connectivity index (χ0v) is 15.6. The molecule has 0 unspecified atom stereocenters. The van der Waals surface area contributed by atoms with Crippen molar-refractivity contribution in [3.05, 3.63) is 76.0 Å². The zero-order valence-electron chi connectivity index (χ0n) is 15.6. The molecule has 0 aliphatic heterocycles. The third-order valence-electron chi connectivity index (χ3n) is 4.32. The zero-order chi connectivity index (χ0) is 19.6. The van der Waals surface area contributed by atoms with E-state index in [1.807, 2.05) is 13.8 Å². The first-order chi connectivity index (χ1) is 12.9. The van der Waals surface area contributed by atoms with Gasteiger partial charge in [-0.2, -0.15) is 5.10 Å². The molecule has 0 aliphatic rings. The van der Waals surface area contributed by atoms with E-state index in [1.165, 1.54) is 15.6 Å². The quantitative estimate of drug-likeness (QED) is 0.694. The number of nitrogens with zero attached hydrogens (tertiary/aromatic N) is 3. The Labute approximate surface area is 157 Å². The van der Waals surface area contributed by atoms with Gasteiger partial charge in [0.05, 0.1) is 5.39 Å². The predicted octanol–water partition coefficient (Wildman–Crippen LogP) is 3.46. The number of hydrogen-bond donors (Lipinski definition) is 0. The number of carbonyl (C=O) groups is 1. The largest absolute Gasteiger partial charge is 0.336 e. The standard InChI is InChI=1S/C21H22FN3O2/c1-14(2)12-25-20(26)17-10-6-5-9-16(17)19(23-25)21(27)24(3)13-15-8-4-7-11-18(15)22/h4-11,14H,12-13H2,1-3H3. The molecule has 0 saturated carbocycles. The molecule has 2 aromatic carbocycles. The maximum absolute atomic E-state index is 13.9. The average Bonchev–Trinajstić information content (AvgIpc) is 2.65. The first-order valence-corrected chi connectivity index (χ1v) is 8.87. The third-order valence-corrected chi connectivity index (χ3v) is 4.32. The van der Waals surface area contributed by atoms with Crippen molar-refractivity contribution >= 4 is 16.7 Å². The summed E-state index contributed by atoms with van der Waals surface area (Å²) in [6.07, 6.45) is 0. The molecule has 3 rings (SSSR count). The number of fused-ring (bicyclic) bond motifs is 1. The van der Waals surface area contributed by atoms with Crippen LogP contribution in [0.15, 0.2) is 53.3 Å². The highest BCUT2D eigenvalue weighted by Gasteiger charge is 2.21. The third kappa shape index (κ3) is 3.89. The van der Waals surface area contributed by atoms with E-state index in [4.69, 9.17) is 0 Å². The van der Waals surface area contributed by atoms with Crippen LogP contribution < -0.4 is 5.56 Å². The number of benzene rings is 2. The van der Waals surface area contributed by atoms with Crippen molar-refractivity contribution in [2.75, 3.05) is 7.05 Å². The second kappa shape index (κ2) is 7.70. The van der Waals surface area contributed by atoms with E-state index in [0.29, 0.717) is 22.9 Å². The number of aromatic nitrogens is 2. The molecule has 0 spiro atoms. The van der Waals surface area contributed by atoms with Crippen LogP contribution in [0, 0.1) is 11.7 Å².